The van der Waals surface area contributed by atoms with E-state index in [-0.39, 0.29) is 5.69 Å². The maximum absolute atomic E-state index is 12.8. The van der Waals surface area contributed by atoms with Gasteiger partial charge >= 0.3 is 0 Å². The van der Waals surface area contributed by atoms with Gasteiger partial charge in [-0.25, -0.2) is 8.78 Å². The average Bonchev–Trinajstić information content (AvgIpc) is 2.52. The zero-order chi connectivity index (χ0) is 15.7. The van der Waals surface area contributed by atoms with Crippen molar-refractivity contribution in [2.24, 2.45) is 0 Å². The van der Waals surface area contributed by atoms with Gasteiger partial charge in [-0.3, -0.25) is 4.79 Å². The van der Waals surface area contributed by atoms with Crippen LogP contribution >= 0.6 is 0 Å². The first-order valence-corrected chi connectivity index (χ1v) is 6.10. The fourth-order valence-electron chi connectivity index (χ4n) is 1.47. The van der Waals surface area contributed by atoms with Crippen LogP contribution in [0.3, 0.4) is 0 Å². The number of benzene rings is 2. The number of nitrogen functional groups attached to an aromatic ring is 1. The predicted molar refractivity (Wildman–Crippen MR) is 77.6 cm³/mol. The number of halogens is 2. The van der Waals surface area contributed by atoms with Crippen molar-refractivity contribution in [3.8, 4) is 0 Å². The van der Waals surface area contributed by atoms with Gasteiger partial charge in [0.15, 0.2) is 5.82 Å². The third-order valence-corrected chi connectivity index (χ3v) is 2.56. The Morgan fingerprint density at radius 2 is 1.86 bits per heavy atom. The number of anilines is 2. The van der Waals surface area contributed by atoms with Crippen molar-refractivity contribution in [3.05, 3.63) is 59.7 Å². The average molecular weight is 294 g/mol. The summed E-state index contributed by atoms with van der Waals surface area (Å²) in [7, 11) is 1.54. The molecule has 0 atom stereocenters. The second kappa shape index (κ2) is 8.52. The van der Waals surface area contributed by atoms with Gasteiger partial charge in [-0.2, -0.15) is 0 Å². The van der Waals surface area contributed by atoms with E-state index in [0.717, 1.165) is 11.6 Å². The van der Waals surface area contributed by atoms with Gasteiger partial charge in [0, 0.05) is 7.05 Å². The summed E-state index contributed by atoms with van der Waals surface area (Å²) in [5, 5.41) is 2.54. The van der Waals surface area contributed by atoms with E-state index < -0.39 is 17.3 Å². The van der Waals surface area contributed by atoms with E-state index >= 15 is 0 Å². The summed E-state index contributed by atoms with van der Waals surface area (Å²) in [4.78, 5) is 9.76. The Morgan fingerprint density at radius 1 is 1.19 bits per heavy atom. The highest BCUT2D eigenvalue weighted by Crippen LogP contribution is 2.21. The van der Waals surface area contributed by atoms with Crippen LogP contribution in [0, 0.1) is 11.6 Å². The molecule has 4 nitrogen and oxygen atoms in total. The molecule has 0 amide bonds. The minimum absolute atomic E-state index is 0.198. The van der Waals surface area contributed by atoms with E-state index in [4.69, 9.17) is 5.73 Å². The molecule has 0 aliphatic heterocycles. The zero-order valence-corrected chi connectivity index (χ0v) is 11.5. The van der Waals surface area contributed by atoms with Crippen molar-refractivity contribution in [1.82, 2.24) is 0 Å². The van der Waals surface area contributed by atoms with Crippen molar-refractivity contribution in [2.75, 3.05) is 18.1 Å². The molecule has 0 saturated heterocycles. The second-order valence-electron chi connectivity index (χ2n) is 3.97. The quantitative estimate of drug-likeness (QED) is 0.672. The molecule has 0 aliphatic carbocycles. The van der Waals surface area contributed by atoms with Crippen LogP contribution in [0.1, 0.15) is 5.56 Å². The molecule has 2 rings (SSSR count). The molecule has 0 saturated carbocycles. The van der Waals surface area contributed by atoms with Gasteiger partial charge in [0.1, 0.15) is 18.1 Å². The van der Waals surface area contributed by atoms with Gasteiger partial charge in [-0.1, -0.05) is 30.3 Å². The normalized spacial score (nSPS) is 9.29. The first-order valence-electron chi connectivity index (χ1n) is 6.10. The van der Waals surface area contributed by atoms with E-state index in [2.05, 4.69) is 10.1 Å². The topological polar surface area (TPSA) is 64.3 Å². The van der Waals surface area contributed by atoms with Crippen LogP contribution in [0.2, 0.25) is 0 Å². The van der Waals surface area contributed by atoms with E-state index in [9.17, 15) is 13.6 Å². The molecule has 21 heavy (non-hydrogen) atoms. The number of ether oxygens (including phenoxy) is 1. The molecule has 0 aliphatic rings. The van der Waals surface area contributed by atoms with Gasteiger partial charge < -0.3 is 15.8 Å². The molecule has 2 aromatic carbocycles. The van der Waals surface area contributed by atoms with E-state index in [1.165, 1.54) is 13.1 Å². The minimum Gasteiger partial charge on any atom is -0.463 e. The van der Waals surface area contributed by atoms with Crippen molar-refractivity contribution >= 4 is 17.8 Å². The number of rotatable bonds is 4. The lowest BCUT2D eigenvalue weighted by Crippen LogP contribution is -2.00. The summed E-state index contributed by atoms with van der Waals surface area (Å²) in [5.41, 5.74) is 5.83. The predicted octanol–water partition coefficient (Wildman–Crippen LogP) is 2.95. The summed E-state index contributed by atoms with van der Waals surface area (Å²) in [5.74, 6) is -1.48. The summed E-state index contributed by atoms with van der Waals surface area (Å²) in [6.07, 6.45) is 0. The third kappa shape index (κ3) is 5.10. The molecular weight excluding hydrogens is 278 g/mol. The third-order valence-electron chi connectivity index (χ3n) is 2.56. The fourth-order valence-corrected chi connectivity index (χ4v) is 1.47. The number of hydrogen-bond donors (Lipinski definition) is 2. The Balaban J connectivity index is 0.000000211. The molecule has 0 fully saturated rings. The Morgan fingerprint density at radius 3 is 2.43 bits per heavy atom. The van der Waals surface area contributed by atoms with Crippen LogP contribution in [0.25, 0.3) is 0 Å². The zero-order valence-electron chi connectivity index (χ0n) is 11.5. The Hall–Kier alpha value is -2.63. The standard InChI is InChI=1S/C8H8O2.C7H8F2N2/c9-7-10-6-8-4-2-1-3-5-8;1-11-5-3-2-4(8)7(10)6(5)9/h1-5,7H,6H2;2-3,11H,10H2,1H3. The maximum Gasteiger partial charge on any atom is 0.293 e. The monoisotopic (exact) mass is 294 g/mol. The molecule has 2 aromatic rings. The highest BCUT2D eigenvalue weighted by molar-refractivity contribution is 5.56. The smallest absolute Gasteiger partial charge is 0.293 e. The second-order valence-corrected chi connectivity index (χ2v) is 3.97. The highest BCUT2D eigenvalue weighted by atomic mass is 19.1. The van der Waals surface area contributed by atoms with Gasteiger partial charge in [0.25, 0.3) is 6.47 Å². The Bertz CT molecular complexity index is 577. The van der Waals surface area contributed by atoms with Crippen molar-refractivity contribution < 1.29 is 18.3 Å². The highest BCUT2D eigenvalue weighted by Gasteiger charge is 2.08. The van der Waals surface area contributed by atoms with Crippen LogP contribution in [-0.4, -0.2) is 13.5 Å². The lowest BCUT2D eigenvalue weighted by molar-refractivity contribution is -0.129. The van der Waals surface area contributed by atoms with Crippen LogP contribution in [0.15, 0.2) is 42.5 Å². The van der Waals surface area contributed by atoms with Gasteiger partial charge in [0.2, 0.25) is 0 Å². The molecule has 0 heterocycles. The van der Waals surface area contributed by atoms with E-state index in [0.29, 0.717) is 13.1 Å². The first-order chi connectivity index (χ1) is 10.1. The lowest BCUT2D eigenvalue weighted by Gasteiger charge is -2.04. The summed E-state index contributed by atoms with van der Waals surface area (Å²) < 4.78 is 29.9. The van der Waals surface area contributed by atoms with E-state index in [1.54, 1.807) is 0 Å². The lowest BCUT2D eigenvalue weighted by atomic mass is 10.2. The Labute approximate surface area is 121 Å². The molecule has 112 valence electrons. The van der Waals surface area contributed by atoms with Crippen molar-refractivity contribution in [1.29, 1.82) is 0 Å². The van der Waals surface area contributed by atoms with Gasteiger partial charge in [-0.15, -0.1) is 0 Å². The van der Waals surface area contributed by atoms with Crippen LogP contribution < -0.4 is 11.1 Å². The molecular formula is C15H16F2N2O2. The SMILES string of the molecule is CNc1ccc(F)c(N)c1F.O=COCc1ccccc1. The van der Waals surface area contributed by atoms with Crippen LogP contribution in [0.5, 0.6) is 0 Å². The van der Waals surface area contributed by atoms with Crippen LogP contribution in [-0.2, 0) is 16.1 Å². The maximum atomic E-state index is 12.8. The molecule has 3 N–H and O–H groups in total. The van der Waals surface area contributed by atoms with Gasteiger partial charge in [-0.05, 0) is 17.7 Å². The number of carbonyl (C=O) groups is 1. The number of carbonyl (C=O) groups excluding carboxylic acids is 1. The first kappa shape index (κ1) is 16.4. The number of nitrogens with one attached hydrogen (secondary N) is 1. The summed E-state index contributed by atoms with van der Waals surface area (Å²) in [6, 6.07) is 12.0. The van der Waals surface area contributed by atoms with Gasteiger partial charge in [0.05, 0.1) is 5.69 Å². The number of hydrogen-bond acceptors (Lipinski definition) is 4. The Kier molecular flexibility index (Phi) is 6.67. The molecule has 0 spiro atoms. The molecule has 0 unspecified atom stereocenters. The number of nitrogens with two attached hydrogens (primary N) is 1. The van der Waals surface area contributed by atoms with Crippen molar-refractivity contribution in [2.45, 2.75) is 6.61 Å². The van der Waals surface area contributed by atoms with Crippen LogP contribution in [0.4, 0.5) is 20.2 Å². The molecule has 0 bridgehead atoms. The largest absolute Gasteiger partial charge is 0.463 e. The summed E-state index contributed by atoms with van der Waals surface area (Å²) >= 11 is 0. The molecule has 0 radical (unpaired) electrons. The fraction of sp³-hybridized carbons (Fsp3) is 0.133. The van der Waals surface area contributed by atoms with E-state index in [1.807, 2.05) is 30.3 Å². The minimum atomic E-state index is -0.743. The van der Waals surface area contributed by atoms with Crippen molar-refractivity contribution in [3.63, 3.8) is 0 Å². The molecule has 6 heteroatoms. The summed E-state index contributed by atoms with van der Waals surface area (Å²) in [6.45, 7) is 0.817. The molecule has 0 aromatic heterocycles.